The topological polar surface area (TPSA) is 86.7 Å². The summed E-state index contributed by atoms with van der Waals surface area (Å²) >= 11 is 0. The van der Waals surface area contributed by atoms with Crippen LogP contribution >= 0.6 is 0 Å². The summed E-state index contributed by atoms with van der Waals surface area (Å²) in [7, 11) is 0. The number of rotatable bonds is 3. The van der Waals surface area contributed by atoms with E-state index in [0.29, 0.717) is 0 Å². The highest BCUT2D eigenvalue weighted by Crippen LogP contribution is 2.63. The molecule has 1 spiro atoms. The summed E-state index contributed by atoms with van der Waals surface area (Å²) in [5, 5.41) is 0. The van der Waals surface area contributed by atoms with Gasteiger partial charge in [0.1, 0.15) is 0 Å². The molecule has 2 aliphatic carbocycles. The number of esters is 4. The molecule has 4 aromatic carbocycles. The van der Waals surface area contributed by atoms with Crippen molar-refractivity contribution in [1.29, 1.82) is 0 Å². The molecule has 0 atom stereocenters. The summed E-state index contributed by atoms with van der Waals surface area (Å²) in [4.78, 5) is 50.6. The van der Waals surface area contributed by atoms with E-state index in [0.717, 1.165) is 63.8 Å². The van der Waals surface area contributed by atoms with Crippen molar-refractivity contribution < 1.29 is 28.7 Å². The Morgan fingerprint density at radius 2 is 1.05 bits per heavy atom. The molecule has 0 saturated carbocycles. The number of cyclic esters (lactones) is 4. The SMILES string of the molecule is CCCCc1ccc2c(c1)C1(c3ccccc3-2)c2cc3c(cc2-c2cc4c(cc21)C(=O)OC4=O)C(=O)OC3=O. The van der Waals surface area contributed by atoms with Crippen LogP contribution in [0.1, 0.15) is 89.0 Å². The Kier molecular flexibility index (Phi) is 4.20. The molecule has 6 heteroatoms. The first kappa shape index (κ1) is 22.2. The minimum Gasteiger partial charge on any atom is -0.386 e. The van der Waals surface area contributed by atoms with Crippen molar-refractivity contribution in [2.45, 2.75) is 31.6 Å². The monoisotopic (exact) mass is 512 g/mol. The predicted molar refractivity (Wildman–Crippen MR) is 141 cm³/mol. The first-order chi connectivity index (χ1) is 18.9. The fourth-order valence-electron chi connectivity index (χ4n) is 6.92. The van der Waals surface area contributed by atoms with Gasteiger partial charge in [0.05, 0.1) is 27.7 Å². The fraction of sp³-hybridized carbons (Fsp3) is 0.152. The Morgan fingerprint density at radius 1 is 0.538 bits per heavy atom. The van der Waals surface area contributed by atoms with E-state index in [-0.39, 0.29) is 22.3 Å². The summed E-state index contributed by atoms with van der Waals surface area (Å²) < 4.78 is 9.92. The third-order valence-electron chi connectivity index (χ3n) is 8.59. The molecular weight excluding hydrogens is 492 g/mol. The molecule has 0 radical (unpaired) electrons. The zero-order chi connectivity index (χ0) is 26.6. The summed E-state index contributed by atoms with van der Waals surface area (Å²) in [5.74, 6) is -2.73. The summed E-state index contributed by atoms with van der Waals surface area (Å²) in [6.45, 7) is 2.16. The second kappa shape index (κ2) is 7.38. The van der Waals surface area contributed by atoms with Crippen molar-refractivity contribution in [3.63, 3.8) is 0 Å². The number of ether oxygens (including phenoxy) is 2. The van der Waals surface area contributed by atoms with Crippen LogP contribution in [-0.4, -0.2) is 23.9 Å². The van der Waals surface area contributed by atoms with Crippen molar-refractivity contribution in [1.82, 2.24) is 0 Å². The van der Waals surface area contributed by atoms with Crippen molar-refractivity contribution in [2.24, 2.45) is 0 Å². The van der Waals surface area contributed by atoms with Crippen LogP contribution in [-0.2, 0) is 21.3 Å². The average molecular weight is 513 g/mol. The number of carbonyl (C=O) groups excluding carboxylic acids is 4. The van der Waals surface area contributed by atoms with Gasteiger partial charge in [0, 0.05) is 0 Å². The second-order valence-corrected chi connectivity index (χ2v) is 10.5. The van der Waals surface area contributed by atoms with Crippen molar-refractivity contribution in [2.75, 3.05) is 0 Å². The van der Waals surface area contributed by atoms with E-state index in [1.807, 2.05) is 12.1 Å². The Morgan fingerprint density at radius 3 is 1.64 bits per heavy atom. The normalized spacial score (nSPS) is 16.4. The molecule has 0 amide bonds. The first-order valence-corrected chi connectivity index (χ1v) is 13.1. The lowest BCUT2D eigenvalue weighted by molar-refractivity contribution is 0.0425. The molecule has 0 N–H and O–H groups in total. The van der Waals surface area contributed by atoms with E-state index in [1.54, 1.807) is 24.3 Å². The molecule has 0 unspecified atom stereocenters. The highest BCUT2D eigenvalue weighted by atomic mass is 16.6. The standard InChI is InChI=1S/C33H20O6/c1-2-3-6-16-9-10-18-17-7-4-5-8-25(17)33(26(18)11-16)27-14-23-21(29(34)38-31(23)36)12-19(27)20-13-22-24(15-28(20)33)32(37)39-30(22)35/h4-5,7-15H,2-3,6H2,1H3. The van der Waals surface area contributed by atoms with Crippen LogP contribution in [0.15, 0.2) is 66.7 Å². The molecule has 4 aliphatic rings. The van der Waals surface area contributed by atoms with Gasteiger partial charge in [0.25, 0.3) is 0 Å². The molecule has 4 aromatic rings. The molecule has 2 heterocycles. The highest BCUT2D eigenvalue weighted by molar-refractivity contribution is 6.18. The maximum atomic E-state index is 12.7. The molecule has 6 nitrogen and oxygen atoms in total. The average Bonchev–Trinajstić information content (AvgIpc) is 3.60. The van der Waals surface area contributed by atoms with Crippen molar-refractivity contribution in [3.05, 3.63) is 117 Å². The lowest BCUT2D eigenvalue weighted by atomic mass is 9.69. The molecular formula is C33H20O6. The predicted octanol–water partition coefficient (Wildman–Crippen LogP) is 5.99. The van der Waals surface area contributed by atoms with Gasteiger partial charge < -0.3 is 9.47 Å². The van der Waals surface area contributed by atoms with E-state index in [9.17, 15) is 19.2 Å². The Bertz CT molecular complexity index is 1790. The van der Waals surface area contributed by atoms with E-state index >= 15 is 0 Å². The molecule has 8 rings (SSSR count). The Labute approximate surface area is 223 Å². The molecule has 2 aliphatic heterocycles. The van der Waals surface area contributed by atoms with E-state index < -0.39 is 29.3 Å². The third kappa shape index (κ3) is 2.61. The minimum atomic E-state index is -0.860. The number of unbranched alkanes of at least 4 members (excludes halogenated alkanes) is 1. The second-order valence-electron chi connectivity index (χ2n) is 10.5. The van der Waals surface area contributed by atoms with Gasteiger partial charge >= 0.3 is 23.9 Å². The van der Waals surface area contributed by atoms with Crippen LogP contribution in [0.5, 0.6) is 0 Å². The van der Waals surface area contributed by atoms with Gasteiger partial charge in [0.2, 0.25) is 0 Å². The zero-order valence-electron chi connectivity index (χ0n) is 20.9. The molecule has 0 bridgehead atoms. The maximum absolute atomic E-state index is 12.7. The Hall–Kier alpha value is -4.84. The van der Waals surface area contributed by atoms with E-state index in [4.69, 9.17) is 9.47 Å². The number of fused-ring (bicyclic) bond motifs is 12. The number of carbonyl (C=O) groups is 4. The highest BCUT2D eigenvalue weighted by Gasteiger charge is 2.54. The number of benzene rings is 4. The van der Waals surface area contributed by atoms with Gasteiger partial charge in [0.15, 0.2) is 0 Å². The van der Waals surface area contributed by atoms with Gasteiger partial charge in [-0.05, 0) is 87.2 Å². The van der Waals surface area contributed by atoms with Crippen LogP contribution in [0, 0.1) is 0 Å². The van der Waals surface area contributed by atoms with Crippen molar-refractivity contribution >= 4 is 23.9 Å². The summed E-state index contributed by atoms with van der Waals surface area (Å²) in [5.41, 5.74) is 8.49. The summed E-state index contributed by atoms with van der Waals surface area (Å²) in [6, 6.07) is 21.6. The first-order valence-electron chi connectivity index (χ1n) is 13.1. The van der Waals surface area contributed by atoms with Crippen LogP contribution in [0.2, 0.25) is 0 Å². The molecule has 188 valence electrons. The third-order valence-corrected chi connectivity index (χ3v) is 8.59. The number of hydrogen-bond acceptors (Lipinski definition) is 6. The van der Waals surface area contributed by atoms with Gasteiger partial charge in [-0.1, -0.05) is 55.8 Å². The largest absolute Gasteiger partial charge is 0.386 e. The number of hydrogen-bond donors (Lipinski definition) is 0. The molecule has 0 aromatic heterocycles. The lowest BCUT2D eigenvalue weighted by Crippen LogP contribution is -2.26. The van der Waals surface area contributed by atoms with Crippen LogP contribution in [0.4, 0.5) is 0 Å². The molecule has 39 heavy (non-hydrogen) atoms. The quantitative estimate of drug-likeness (QED) is 0.214. The smallest absolute Gasteiger partial charge is 0.346 e. The Balaban J connectivity index is 1.54. The zero-order valence-corrected chi connectivity index (χ0v) is 20.9. The number of aryl methyl sites for hydroxylation is 1. The van der Waals surface area contributed by atoms with Crippen LogP contribution < -0.4 is 0 Å². The van der Waals surface area contributed by atoms with Gasteiger partial charge in [-0.15, -0.1) is 0 Å². The molecule has 0 saturated heterocycles. The minimum absolute atomic E-state index is 0.198. The van der Waals surface area contributed by atoms with Gasteiger partial charge in [-0.3, -0.25) is 0 Å². The molecule has 0 fully saturated rings. The van der Waals surface area contributed by atoms with E-state index in [2.05, 4.69) is 37.3 Å². The van der Waals surface area contributed by atoms with Crippen LogP contribution in [0.3, 0.4) is 0 Å². The summed E-state index contributed by atoms with van der Waals surface area (Å²) in [6.07, 6.45) is 3.04. The fourth-order valence-corrected chi connectivity index (χ4v) is 6.92. The lowest BCUT2D eigenvalue weighted by Gasteiger charge is -2.31. The van der Waals surface area contributed by atoms with E-state index in [1.165, 1.54) is 5.56 Å². The van der Waals surface area contributed by atoms with Crippen molar-refractivity contribution in [3.8, 4) is 22.3 Å². The maximum Gasteiger partial charge on any atom is 0.346 e. The van der Waals surface area contributed by atoms with Gasteiger partial charge in [-0.25, -0.2) is 19.2 Å². The van der Waals surface area contributed by atoms with Gasteiger partial charge in [-0.2, -0.15) is 0 Å². The van der Waals surface area contributed by atoms with Crippen LogP contribution in [0.25, 0.3) is 22.3 Å².